The van der Waals surface area contributed by atoms with Crippen molar-refractivity contribution >= 4 is 23.3 Å². The molecule has 5 nitrogen and oxygen atoms in total. The standard InChI is InChI=1S/C16H23N3O2.ClH/c1-2-9-20-16-13-10-18-19-14(13)7-8-15(16)21-12-5-3-11(17)4-6-12;/h7-8,10-12H,2-6,9,17H2,1H3,(H,18,19);1H. The van der Waals surface area contributed by atoms with Crippen LogP contribution in [0, 0.1) is 0 Å². The fourth-order valence-electron chi connectivity index (χ4n) is 2.80. The number of halogens is 1. The van der Waals surface area contributed by atoms with Crippen molar-refractivity contribution in [3.63, 3.8) is 0 Å². The molecule has 1 heterocycles. The van der Waals surface area contributed by atoms with Crippen LogP contribution in [0.4, 0.5) is 0 Å². The normalized spacial score (nSPS) is 21.4. The quantitative estimate of drug-likeness (QED) is 0.883. The number of nitrogens with one attached hydrogen (secondary N) is 1. The molecule has 1 fully saturated rings. The number of hydrogen-bond acceptors (Lipinski definition) is 4. The molecular formula is C16H24ClN3O2. The van der Waals surface area contributed by atoms with Gasteiger partial charge < -0.3 is 15.2 Å². The van der Waals surface area contributed by atoms with Crippen LogP contribution in [0.2, 0.25) is 0 Å². The molecule has 1 saturated carbocycles. The largest absolute Gasteiger partial charge is 0.489 e. The molecule has 0 amide bonds. The van der Waals surface area contributed by atoms with Gasteiger partial charge in [-0.1, -0.05) is 6.92 Å². The fourth-order valence-corrected chi connectivity index (χ4v) is 2.80. The molecule has 6 heteroatoms. The van der Waals surface area contributed by atoms with Crippen LogP contribution >= 0.6 is 12.4 Å². The number of rotatable bonds is 5. The van der Waals surface area contributed by atoms with Gasteiger partial charge in [-0.15, -0.1) is 12.4 Å². The first-order valence-electron chi connectivity index (χ1n) is 7.79. The van der Waals surface area contributed by atoms with Crippen LogP contribution < -0.4 is 15.2 Å². The predicted molar refractivity (Wildman–Crippen MR) is 90.0 cm³/mol. The Hall–Kier alpha value is -1.46. The Morgan fingerprint density at radius 2 is 2.05 bits per heavy atom. The van der Waals surface area contributed by atoms with Gasteiger partial charge in [-0.3, -0.25) is 5.10 Å². The van der Waals surface area contributed by atoms with Crippen molar-refractivity contribution < 1.29 is 9.47 Å². The summed E-state index contributed by atoms with van der Waals surface area (Å²) in [5.74, 6) is 1.62. The van der Waals surface area contributed by atoms with Crippen LogP contribution in [0.1, 0.15) is 39.0 Å². The second-order valence-electron chi connectivity index (χ2n) is 5.73. The average Bonchev–Trinajstić information content (AvgIpc) is 2.97. The van der Waals surface area contributed by atoms with Gasteiger partial charge in [-0.25, -0.2) is 0 Å². The topological polar surface area (TPSA) is 73.2 Å². The molecule has 0 bridgehead atoms. The number of hydrogen-bond donors (Lipinski definition) is 2. The highest BCUT2D eigenvalue weighted by molar-refractivity contribution is 5.87. The highest BCUT2D eigenvalue weighted by Gasteiger charge is 2.22. The predicted octanol–water partition coefficient (Wildman–Crippen LogP) is 3.42. The first kappa shape index (κ1) is 16.9. The molecule has 0 aliphatic heterocycles. The smallest absolute Gasteiger partial charge is 0.172 e. The molecule has 0 atom stereocenters. The summed E-state index contributed by atoms with van der Waals surface area (Å²) in [7, 11) is 0. The summed E-state index contributed by atoms with van der Waals surface area (Å²) in [6.07, 6.45) is 7.08. The summed E-state index contributed by atoms with van der Waals surface area (Å²) in [5, 5.41) is 8.04. The van der Waals surface area contributed by atoms with E-state index in [2.05, 4.69) is 17.1 Å². The lowest BCUT2D eigenvalue weighted by atomic mass is 9.94. The number of aromatic amines is 1. The van der Waals surface area contributed by atoms with Gasteiger partial charge in [0.1, 0.15) is 0 Å². The minimum Gasteiger partial charge on any atom is -0.489 e. The van der Waals surface area contributed by atoms with E-state index in [1.54, 1.807) is 6.20 Å². The first-order chi connectivity index (χ1) is 10.3. The molecule has 3 N–H and O–H groups in total. The summed E-state index contributed by atoms with van der Waals surface area (Å²) in [5.41, 5.74) is 6.93. The van der Waals surface area contributed by atoms with Gasteiger partial charge >= 0.3 is 0 Å². The Balaban J connectivity index is 0.00000176. The third-order valence-electron chi connectivity index (χ3n) is 4.00. The molecule has 1 aromatic heterocycles. The zero-order valence-electron chi connectivity index (χ0n) is 12.9. The number of nitrogens with zero attached hydrogens (tertiary/aromatic N) is 1. The van der Waals surface area contributed by atoms with Gasteiger partial charge in [0.25, 0.3) is 0 Å². The molecule has 1 aliphatic carbocycles. The summed E-state index contributed by atoms with van der Waals surface area (Å²) >= 11 is 0. The zero-order chi connectivity index (χ0) is 14.7. The van der Waals surface area contributed by atoms with E-state index in [0.29, 0.717) is 12.6 Å². The Labute approximate surface area is 137 Å². The van der Waals surface area contributed by atoms with Crippen LogP contribution in [-0.4, -0.2) is 29.0 Å². The van der Waals surface area contributed by atoms with Gasteiger partial charge in [-0.2, -0.15) is 5.10 Å². The Bertz CT molecular complexity index is 594. The molecule has 2 aromatic rings. The third kappa shape index (κ3) is 3.65. The van der Waals surface area contributed by atoms with E-state index in [4.69, 9.17) is 15.2 Å². The number of H-pyrrole nitrogens is 1. The molecule has 3 rings (SSSR count). The number of fused-ring (bicyclic) bond motifs is 1. The molecule has 1 aromatic carbocycles. The summed E-state index contributed by atoms with van der Waals surface area (Å²) in [4.78, 5) is 0. The summed E-state index contributed by atoms with van der Waals surface area (Å²) < 4.78 is 12.1. The maximum absolute atomic E-state index is 6.19. The number of ether oxygens (including phenoxy) is 2. The van der Waals surface area contributed by atoms with Crippen molar-refractivity contribution in [3.05, 3.63) is 18.3 Å². The van der Waals surface area contributed by atoms with Gasteiger partial charge in [0.05, 0.1) is 29.8 Å². The lowest BCUT2D eigenvalue weighted by Gasteiger charge is -2.27. The molecule has 122 valence electrons. The minimum absolute atomic E-state index is 0. The van der Waals surface area contributed by atoms with Gasteiger partial charge in [-0.05, 0) is 44.2 Å². The second-order valence-corrected chi connectivity index (χ2v) is 5.73. The van der Waals surface area contributed by atoms with E-state index in [0.717, 1.165) is 54.5 Å². The number of nitrogens with two attached hydrogens (primary N) is 1. The average molecular weight is 326 g/mol. The van der Waals surface area contributed by atoms with E-state index < -0.39 is 0 Å². The highest BCUT2D eigenvalue weighted by Crippen LogP contribution is 2.37. The van der Waals surface area contributed by atoms with Crippen LogP contribution in [-0.2, 0) is 0 Å². The first-order valence-corrected chi connectivity index (χ1v) is 7.79. The molecule has 0 radical (unpaired) electrons. The van der Waals surface area contributed by atoms with E-state index in [9.17, 15) is 0 Å². The monoisotopic (exact) mass is 325 g/mol. The van der Waals surface area contributed by atoms with Gasteiger partial charge in [0, 0.05) is 6.04 Å². The van der Waals surface area contributed by atoms with Crippen LogP contribution in [0.25, 0.3) is 10.9 Å². The Kier molecular flexibility index (Phi) is 5.91. The van der Waals surface area contributed by atoms with Gasteiger partial charge in [0.15, 0.2) is 11.5 Å². The molecule has 22 heavy (non-hydrogen) atoms. The number of aromatic nitrogens is 2. The van der Waals surface area contributed by atoms with Crippen molar-refractivity contribution in [2.75, 3.05) is 6.61 Å². The van der Waals surface area contributed by atoms with Crippen molar-refractivity contribution in [3.8, 4) is 11.5 Å². The minimum atomic E-state index is 0. The number of benzene rings is 1. The molecular weight excluding hydrogens is 302 g/mol. The fraction of sp³-hybridized carbons (Fsp3) is 0.562. The van der Waals surface area contributed by atoms with Crippen molar-refractivity contribution in [1.82, 2.24) is 10.2 Å². The van der Waals surface area contributed by atoms with Crippen molar-refractivity contribution in [2.24, 2.45) is 5.73 Å². The SMILES string of the molecule is CCCOc1c(OC2CCC(N)CC2)ccc2[nH]ncc12.Cl. The molecule has 0 unspecified atom stereocenters. The Morgan fingerprint density at radius 3 is 2.77 bits per heavy atom. The molecule has 1 aliphatic rings. The van der Waals surface area contributed by atoms with Crippen LogP contribution in [0.3, 0.4) is 0 Å². The van der Waals surface area contributed by atoms with Crippen molar-refractivity contribution in [2.45, 2.75) is 51.2 Å². The maximum Gasteiger partial charge on any atom is 0.172 e. The second kappa shape index (κ2) is 7.70. The molecule has 0 saturated heterocycles. The van der Waals surface area contributed by atoms with E-state index in [1.807, 2.05) is 12.1 Å². The lowest BCUT2D eigenvalue weighted by Crippen LogP contribution is -2.31. The van der Waals surface area contributed by atoms with Crippen molar-refractivity contribution in [1.29, 1.82) is 0 Å². The van der Waals surface area contributed by atoms with Gasteiger partial charge in [0.2, 0.25) is 0 Å². The van der Waals surface area contributed by atoms with Crippen LogP contribution in [0.5, 0.6) is 11.5 Å². The maximum atomic E-state index is 6.19. The van der Waals surface area contributed by atoms with E-state index in [1.165, 1.54) is 0 Å². The summed E-state index contributed by atoms with van der Waals surface area (Å²) in [6, 6.07) is 4.29. The van der Waals surface area contributed by atoms with E-state index >= 15 is 0 Å². The van der Waals surface area contributed by atoms with Crippen LogP contribution in [0.15, 0.2) is 18.3 Å². The lowest BCUT2D eigenvalue weighted by molar-refractivity contribution is 0.140. The summed E-state index contributed by atoms with van der Waals surface area (Å²) in [6.45, 7) is 2.77. The zero-order valence-corrected chi connectivity index (χ0v) is 13.7. The highest BCUT2D eigenvalue weighted by atomic mass is 35.5. The Morgan fingerprint density at radius 1 is 1.27 bits per heavy atom. The molecule has 0 spiro atoms. The van der Waals surface area contributed by atoms with E-state index in [-0.39, 0.29) is 18.5 Å². The third-order valence-corrected chi connectivity index (χ3v) is 4.00.